The maximum atomic E-state index is 4.81. The lowest BCUT2D eigenvalue weighted by Crippen LogP contribution is -2.14. The normalized spacial score (nSPS) is 12.1. The molecule has 2 rings (SSSR count). The van der Waals surface area contributed by atoms with Gasteiger partial charge in [0.25, 0.3) is 0 Å². The summed E-state index contributed by atoms with van der Waals surface area (Å²) in [6, 6.07) is 8.59. The van der Waals surface area contributed by atoms with Crippen molar-refractivity contribution < 1.29 is 0 Å². The van der Waals surface area contributed by atoms with E-state index in [0.717, 1.165) is 5.52 Å². The molecule has 0 spiro atoms. The Balaban J connectivity index is 2.81. The van der Waals surface area contributed by atoms with Gasteiger partial charge in [-0.1, -0.05) is 39.0 Å². The maximum absolute atomic E-state index is 4.81. The topological polar surface area (TPSA) is 12.9 Å². The molecule has 0 aliphatic rings. The summed E-state index contributed by atoms with van der Waals surface area (Å²) in [6.45, 7) is 10.9. The largest absolute Gasteiger partial charge is 0.252 e. The van der Waals surface area contributed by atoms with E-state index in [0.29, 0.717) is 0 Å². The number of hydrogen-bond donors (Lipinski definition) is 0. The number of nitrogens with zero attached hydrogens (tertiary/aromatic N) is 1. The zero-order chi connectivity index (χ0) is 11.9. The van der Waals surface area contributed by atoms with Crippen LogP contribution in [0.15, 0.2) is 24.3 Å². The SMILES string of the molecule is Cc1cc(C(C)(C)C)nc2c(C)cccc12. The van der Waals surface area contributed by atoms with Gasteiger partial charge in [-0.05, 0) is 31.0 Å². The van der Waals surface area contributed by atoms with Gasteiger partial charge in [-0.15, -0.1) is 0 Å². The van der Waals surface area contributed by atoms with Crippen LogP contribution in [0.2, 0.25) is 0 Å². The third kappa shape index (κ3) is 1.82. The maximum Gasteiger partial charge on any atom is 0.0737 e. The van der Waals surface area contributed by atoms with E-state index in [4.69, 9.17) is 4.98 Å². The lowest BCUT2D eigenvalue weighted by Gasteiger charge is -2.19. The van der Waals surface area contributed by atoms with Crippen LogP contribution in [0.4, 0.5) is 0 Å². The first-order chi connectivity index (χ1) is 7.39. The molecule has 16 heavy (non-hydrogen) atoms. The van der Waals surface area contributed by atoms with E-state index in [1.54, 1.807) is 0 Å². The van der Waals surface area contributed by atoms with Gasteiger partial charge in [0, 0.05) is 16.5 Å². The second-order valence-electron chi connectivity index (χ2n) is 5.55. The average molecular weight is 213 g/mol. The van der Waals surface area contributed by atoms with Crippen LogP contribution in [-0.4, -0.2) is 4.98 Å². The average Bonchev–Trinajstić information content (AvgIpc) is 2.18. The zero-order valence-corrected chi connectivity index (χ0v) is 10.8. The first-order valence-corrected chi connectivity index (χ1v) is 5.77. The minimum absolute atomic E-state index is 0.112. The molecule has 1 aromatic carbocycles. The summed E-state index contributed by atoms with van der Waals surface area (Å²) in [4.78, 5) is 4.81. The highest BCUT2D eigenvalue weighted by atomic mass is 14.7. The lowest BCUT2D eigenvalue weighted by molar-refractivity contribution is 0.571. The molecule has 0 aliphatic carbocycles. The Morgan fingerprint density at radius 2 is 1.69 bits per heavy atom. The summed E-state index contributed by atoms with van der Waals surface area (Å²) in [5, 5.41) is 1.27. The second-order valence-corrected chi connectivity index (χ2v) is 5.55. The number of aryl methyl sites for hydroxylation is 2. The highest BCUT2D eigenvalue weighted by Gasteiger charge is 2.17. The van der Waals surface area contributed by atoms with Crippen molar-refractivity contribution in [2.24, 2.45) is 0 Å². The molecule has 0 saturated carbocycles. The highest BCUT2D eigenvalue weighted by Crippen LogP contribution is 2.26. The number of pyridine rings is 1. The van der Waals surface area contributed by atoms with Gasteiger partial charge >= 0.3 is 0 Å². The molecule has 1 heterocycles. The van der Waals surface area contributed by atoms with E-state index in [-0.39, 0.29) is 5.41 Å². The highest BCUT2D eigenvalue weighted by molar-refractivity contribution is 5.85. The third-order valence-corrected chi connectivity index (χ3v) is 3.02. The molecule has 2 aromatic rings. The summed E-state index contributed by atoms with van der Waals surface area (Å²) in [5.74, 6) is 0. The van der Waals surface area contributed by atoms with Crippen LogP contribution in [0.1, 0.15) is 37.6 Å². The molecule has 0 unspecified atom stereocenters. The van der Waals surface area contributed by atoms with E-state index >= 15 is 0 Å². The van der Waals surface area contributed by atoms with Crippen molar-refractivity contribution in [3.8, 4) is 0 Å². The van der Waals surface area contributed by atoms with Crippen LogP contribution in [0.25, 0.3) is 10.9 Å². The zero-order valence-electron chi connectivity index (χ0n) is 10.8. The molecule has 0 radical (unpaired) electrons. The first kappa shape index (κ1) is 11.1. The van der Waals surface area contributed by atoms with E-state index in [1.807, 2.05) is 0 Å². The van der Waals surface area contributed by atoms with Gasteiger partial charge in [-0.2, -0.15) is 0 Å². The molecular formula is C15H19N. The van der Waals surface area contributed by atoms with Crippen LogP contribution >= 0.6 is 0 Å². The van der Waals surface area contributed by atoms with Gasteiger partial charge in [0.2, 0.25) is 0 Å². The molecule has 0 fully saturated rings. The number of fused-ring (bicyclic) bond motifs is 1. The predicted octanol–water partition coefficient (Wildman–Crippen LogP) is 4.15. The van der Waals surface area contributed by atoms with Gasteiger partial charge in [0.15, 0.2) is 0 Å². The van der Waals surface area contributed by atoms with Crippen molar-refractivity contribution in [3.05, 3.63) is 41.1 Å². The van der Waals surface area contributed by atoms with Crippen LogP contribution < -0.4 is 0 Å². The van der Waals surface area contributed by atoms with Gasteiger partial charge in [-0.25, -0.2) is 0 Å². The van der Waals surface area contributed by atoms with E-state index < -0.39 is 0 Å². The lowest BCUT2D eigenvalue weighted by atomic mass is 9.90. The minimum atomic E-state index is 0.112. The number of aromatic nitrogens is 1. The standard InChI is InChI=1S/C15H19N/c1-10-7-6-8-12-11(2)9-13(15(3,4)5)16-14(10)12/h6-9H,1-5H3. The predicted molar refractivity (Wildman–Crippen MR) is 69.9 cm³/mol. The number of rotatable bonds is 0. The fraction of sp³-hybridized carbons (Fsp3) is 0.400. The van der Waals surface area contributed by atoms with Crippen LogP contribution in [0.5, 0.6) is 0 Å². The van der Waals surface area contributed by atoms with E-state index in [9.17, 15) is 0 Å². The molecule has 1 heteroatoms. The van der Waals surface area contributed by atoms with Crippen molar-refractivity contribution in [2.45, 2.75) is 40.0 Å². The smallest absolute Gasteiger partial charge is 0.0737 e. The number of para-hydroxylation sites is 1. The van der Waals surface area contributed by atoms with Crippen LogP contribution in [0.3, 0.4) is 0 Å². The molecule has 0 N–H and O–H groups in total. The van der Waals surface area contributed by atoms with Gasteiger partial charge in [0.05, 0.1) is 5.52 Å². The van der Waals surface area contributed by atoms with Crippen molar-refractivity contribution in [1.82, 2.24) is 4.98 Å². The Morgan fingerprint density at radius 1 is 1.00 bits per heavy atom. The Morgan fingerprint density at radius 3 is 2.31 bits per heavy atom. The Bertz CT molecular complexity index is 533. The van der Waals surface area contributed by atoms with Crippen molar-refractivity contribution in [1.29, 1.82) is 0 Å². The molecule has 0 saturated heterocycles. The molecule has 1 nitrogen and oxygen atoms in total. The van der Waals surface area contributed by atoms with Crippen molar-refractivity contribution in [3.63, 3.8) is 0 Å². The first-order valence-electron chi connectivity index (χ1n) is 5.77. The third-order valence-electron chi connectivity index (χ3n) is 3.02. The molecule has 1 aromatic heterocycles. The quantitative estimate of drug-likeness (QED) is 0.640. The molecule has 0 aliphatic heterocycles. The summed E-state index contributed by atoms with van der Waals surface area (Å²) in [5.41, 5.74) is 5.01. The minimum Gasteiger partial charge on any atom is -0.252 e. The summed E-state index contributed by atoms with van der Waals surface area (Å²) in [7, 11) is 0. The van der Waals surface area contributed by atoms with E-state index in [1.165, 1.54) is 22.2 Å². The van der Waals surface area contributed by atoms with E-state index in [2.05, 4.69) is 58.9 Å². The second kappa shape index (κ2) is 3.58. The number of benzene rings is 1. The summed E-state index contributed by atoms with van der Waals surface area (Å²) < 4.78 is 0. The number of hydrogen-bond acceptors (Lipinski definition) is 1. The van der Waals surface area contributed by atoms with Crippen LogP contribution in [0, 0.1) is 13.8 Å². The van der Waals surface area contributed by atoms with Crippen molar-refractivity contribution >= 4 is 10.9 Å². The molecule has 0 bridgehead atoms. The fourth-order valence-electron chi connectivity index (χ4n) is 1.95. The Labute approximate surface area is 97.5 Å². The molecule has 0 atom stereocenters. The molecule has 0 amide bonds. The monoisotopic (exact) mass is 213 g/mol. The summed E-state index contributed by atoms with van der Waals surface area (Å²) >= 11 is 0. The van der Waals surface area contributed by atoms with Gasteiger partial charge in [-0.3, -0.25) is 4.98 Å². The fourth-order valence-corrected chi connectivity index (χ4v) is 1.95. The molecule has 84 valence electrons. The van der Waals surface area contributed by atoms with Gasteiger partial charge < -0.3 is 0 Å². The van der Waals surface area contributed by atoms with Gasteiger partial charge in [0.1, 0.15) is 0 Å². The van der Waals surface area contributed by atoms with Crippen LogP contribution in [-0.2, 0) is 5.41 Å². The Hall–Kier alpha value is -1.37. The van der Waals surface area contributed by atoms with Crippen molar-refractivity contribution in [2.75, 3.05) is 0 Å². The Kier molecular flexibility index (Phi) is 2.49. The summed E-state index contributed by atoms with van der Waals surface area (Å²) in [6.07, 6.45) is 0. The molecular weight excluding hydrogens is 194 g/mol.